The van der Waals surface area contributed by atoms with Crippen LogP contribution in [0.3, 0.4) is 0 Å². The Balaban J connectivity index is 1.28. The molecule has 168 valence electrons. The first-order chi connectivity index (χ1) is 15.5. The predicted molar refractivity (Wildman–Crippen MR) is 115 cm³/mol. The normalized spacial score (nSPS) is 18.6. The molecule has 0 aliphatic heterocycles. The van der Waals surface area contributed by atoms with Crippen LogP contribution in [0, 0.1) is 22.9 Å². The zero-order valence-corrected chi connectivity index (χ0v) is 17.8. The lowest BCUT2D eigenvalue weighted by Gasteiger charge is -2.29. The van der Waals surface area contributed by atoms with Crippen molar-refractivity contribution in [3.05, 3.63) is 81.5 Å². The van der Waals surface area contributed by atoms with Crippen LogP contribution in [0.4, 0.5) is 10.1 Å². The number of hydrogen-bond donors (Lipinski definition) is 0. The van der Waals surface area contributed by atoms with E-state index < -0.39 is 4.92 Å². The molecule has 3 aromatic rings. The Morgan fingerprint density at radius 1 is 1.06 bits per heavy atom. The lowest BCUT2D eigenvalue weighted by Crippen LogP contribution is -2.28. The fourth-order valence-corrected chi connectivity index (χ4v) is 3.81. The minimum atomic E-state index is -0.410. The highest BCUT2D eigenvalue weighted by Crippen LogP contribution is 2.27. The monoisotopic (exact) mass is 440 g/mol. The van der Waals surface area contributed by atoms with Crippen LogP contribution in [-0.2, 0) is 22.7 Å². The van der Waals surface area contributed by atoms with Gasteiger partial charge in [-0.15, -0.1) is 0 Å². The summed E-state index contributed by atoms with van der Waals surface area (Å²) in [6.45, 7) is 2.60. The first-order valence-electron chi connectivity index (χ1n) is 10.7. The molecule has 2 unspecified atom stereocenters. The highest BCUT2D eigenvalue weighted by atomic mass is 19.1. The van der Waals surface area contributed by atoms with Crippen molar-refractivity contribution in [3.63, 3.8) is 0 Å². The number of non-ortho nitro benzene ring substituents is 1. The number of ether oxygens (including phenoxy) is 2. The Kier molecular flexibility index (Phi) is 6.92. The van der Waals surface area contributed by atoms with Crippen LogP contribution in [0.1, 0.15) is 42.7 Å². The van der Waals surface area contributed by atoms with Crippen LogP contribution in [0.15, 0.2) is 52.9 Å². The van der Waals surface area contributed by atoms with Crippen LogP contribution in [-0.4, -0.2) is 22.1 Å². The summed E-state index contributed by atoms with van der Waals surface area (Å²) < 4.78 is 31.0. The van der Waals surface area contributed by atoms with Crippen LogP contribution < -0.4 is 0 Å². The number of nitrogens with zero attached hydrogens (tertiary/aromatic N) is 2. The van der Waals surface area contributed by atoms with Crippen molar-refractivity contribution in [1.29, 1.82) is 0 Å². The molecule has 0 amide bonds. The van der Waals surface area contributed by atoms with Crippen LogP contribution in [0.25, 0.3) is 11.5 Å². The van der Waals surface area contributed by atoms with E-state index in [4.69, 9.17) is 13.9 Å². The Morgan fingerprint density at radius 3 is 2.38 bits per heavy atom. The summed E-state index contributed by atoms with van der Waals surface area (Å²) in [5.74, 6) is 0.836. The number of halogens is 1. The van der Waals surface area contributed by atoms with Crippen molar-refractivity contribution in [2.45, 2.75) is 58.0 Å². The maximum absolute atomic E-state index is 13.1. The van der Waals surface area contributed by atoms with Crippen LogP contribution in [0.5, 0.6) is 0 Å². The number of rotatable bonds is 8. The standard InChI is InChI=1S/C24H25FN2O5/c1-16-23(26-24(32-16)18-7-9-19(25)10-8-18)15-31-22-4-2-3-21(13-22)30-14-17-5-11-20(12-6-17)27(28)29/h5-12,21-22H,2-4,13-15H2,1H3. The third-order valence-corrected chi connectivity index (χ3v) is 5.65. The van der Waals surface area contributed by atoms with Crippen LogP contribution >= 0.6 is 0 Å². The van der Waals surface area contributed by atoms with E-state index in [9.17, 15) is 14.5 Å². The Hall–Kier alpha value is -3.10. The Morgan fingerprint density at radius 2 is 1.72 bits per heavy atom. The molecule has 0 radical (unpaired) electrons. The third-order valence-electron chi connectivity index (χ3n) is 5.65. The number of hydrogen-bond acceptors (Lipinski definition) is 6. The minimum absolute atomic E-state index is 0.0657. The minimum Gasteiger partial charge on any atom is -0.441 e. The summed E-state index contributed by atoms with van der Waals surface area (Å²) >= 11 is 0. The fraction of sp³-hybridized carbons (Fsp3) is 0.375. The molecule has 32 heavy (non-hydrogen) atoms. The van der Waals surface area contributed by atoms with Crippen LogP contribution in [0.2, 0.25) is 0 Å². The zero-order valence-electron chi connectivity index (χ0n) is 17.8. The lowest BCUT2D eigenvalue weighted by molar-refractivity contribution is -0.384. The molecule has 0 spiro atoms. The summed E-state index contributed by atoms with van der Waals surface area (Å²) in [5, 5.41) is 10.8. The van der Waals surface area contributed by atoms with E-state index >= 15 is 0 Å². The molecule has 1 aliphatic carbocycles. The molecular formula is C24H25FN2O5. The van der Waals surface area contributed by atoms with Gasteiger partial charge in [-0.1, -0.05) is 0 Å². The molecule has 2 aromatic carbocycles. The lowest BCUT2D eigenvalue weighted by atomic mass is 9.95. The second-order valence-corrected chi connectivity index (χ2v) is 7.98. The Labute approximate surface area is 185 Å². The molecule has 2 atom stereocenters. The molecule has 0 N–H and O–H groups in total. The third kappa shape index (κ3) is 5.57. The van der Waals surface area contributed by atoms with E-state index in [1.54, 1.807) is 24.3 Å². The maximum Gasteiger partial charge on any atom is 0.269 e. The quantitative estimate of drug-likeness (QED) is 0.328. The highest BCUT2D eigenvalue weighted by molar-refractivity contribution is 5.53. The van der Waals surface area contributed by atoms with Gasteiger partial charge in [0.25, 0.3) is 5.69 Å². The first kappa shape index (κ1) is 22.1. The van der Waals surface area contributed by atoms with E-state index in [0.717, 1.165) is 42.5 Å². The summed E-state index contributed by atoms with van der Waals surface area (Å²) in [4.78, 5) is 14.9. The molecule has 0 saturated heterocycles. The van der Waals surface area contributed by atoms with Gasteiger partial charge in [0, 0.05) is 17.7 Å². The van der Waals surface area contributed by atoms with Gasteiger partial charge in [0.15, 0.2) is 0 Å². The van der Waals surface area contributed by atoms with Crippen molar-refractivity contribution in [2.24, 2.45) is 0 Å². The van der Waals surface area contributed by atoms with Crippen molar-refractivity contribution in [2.75, 3.05) is 0 Å². The molecule has 1 fully saturated rings. The van der Waals surface area contributed by atoms with E-state index in [2.05, 4.69) is 4.98 Å². The predicted octanol–water partition coefficient (Wildman–Crippen LogP) is 5.74. The van der Waals surface area contributed by atoms with Crippen molar-refractivity contribution < 1.29 is 23.2 Å². The number of nitro benzene ring substituents is 1. The number of aryl methyl sites for hydroxylation is 1. The van der Waals surface area contributed by atoms with Gasteiger partial charge in [-0.2, -0.15) is 0 Å². The highest BCUT2D eigenvalue weighted by Gasteiger charge is 2.24. The average molecular weight is 440 g/mol. The van der Waals surface area contributed by atoms with Gasteiger partial charge in [-0.3, -0.25) is 10.1 Å². The molecule has 1 aromatic heterocycles. The smallest absolute Gasteiger partial charge is 0.269 e. The number of aromatic nitrogens is 1. The SMILES string of the molecule is Cc1oc(-c2ccc(F)cc2)nc1COC1CCCC(OCc2ccc([N+](=O)[O-])cc2)C1. The zero-order chi connectivity index (χ0) is 22.5. The summed E-state index contributed by atoms with van der Waals surface area (Å²) in [7, 11) is 0. The topological polar surface area (TPSA) is 87.6 Å². The molecule has 1 saturated carbocycles. The van der Waals surface area contributed by atoms with Gasteiger partial charge in [0.1, 0.15) is 17.3 Å². The van der Waals surface area contributed by atoms with Gasteiger partial charge < -0.3 is 13.9 Å². The molecule has 4 rings (SSSR count). The molecule has 1 heterocycles. The van der Waals surface area contributed by atoms with Gasteiger partial charge in [-0.05, 0) is 74.6 Å². The second kappa shape index (κ2) is 10.0. The van der Waals surface area contributed by atoms with Gasteiger partial charge in [0.2, 0.25) is 5.89 Å². The van der Waals surface area contributed by atoms with E-state index in [1.165, 1.54) is 24.3 Å². The molecule has 0 bridgehead atoms. The summed E-state index contributed by atoms with van der Waals surface area (Å²) in [6.07, 6.45) is 3.86. The van der Waals surface area contributed by atoms with Gasteiger partial charge in [-0.25, -0.2) is 9.37 Å². The largest absolute Gasteiger partial charge is 0.441 e. The molecular weight excluding hydrogens is 415 g/mol. The van der Waals surface area contributed by atoms with E-state index in [0.29, 0.717) is 24.9 Å². The van der Waals surface area contributed by atoms with Gasteiger partial charge in [0.05, 0.1) is 30.3 Å². The Bertz CT molecular complexity index is 1050. The van der Waals surface area contributed by atoms with E-state index in [-0.39, 0.29) is 23.7 Å². The molecule has 8 heteroatoms. The fourth-order valence-electron chi connectivity index (χ4n) is 3.81. The van der Waals surface area contributed by atoms with Crippen molar-refractivity contribution in [1.82, 2.24) is 4.98 Å². The van der Waals surface area contributed by atoms with Crippen molar-refractivity contribution in [3.8, 4) is 11.5 Å². The maximum atomic E-state index is 13.1. The number of oxazole rings is 1. The summed E-state index contributed by atoms with van der Waals surface area (Å²) in [5.41, 5.74) is 2.44. The molecule has 7 nitrogen and oxygen atoms in total. The summed E-state index contributed by atoms with van der Waals surface area (Å²) in [6, 6.07) is 12.5. The molecule has 1 aliphatic rings. The number of nitro groups is 1. The van der Waals surface area contributed by atoms with Gasteiger partial charge >= 0.3 is 0 Å². The first-order valence-corrected chi connectivity index (χ1v) is 10.7. The second-order valence-electron chi connectivity index (χ2n) is 7.98. The van der Waals surface area contributed by atoms with E-state index in [1.807, 2.05) is 6.92 Å². The average Bonchev–Trinajstić information content (AvgIpc) is 3.18. The van der Waals surface area contributed by atoms with Crippen molar-refractivity contribution >= 4 is 5.69 Å². The number of benzene rings is 2.